The van der Waals surface area contributed by atoms with Crippen molar-refractivity contribution in [3.05, 3.63) is 34.9 Å². The van der Waals surface area contributed by atoms with E-state index in [2.05, 4.69) is 53.8 Å². The Labute approximate surface area is 244 Å². The topological polar surface area (TPSA) is 63.2 Å². The van der Waals surface area contributed by atoms with E-state index >= 15 is 0 Å². The van der Waals surface area contributed by atoms with E-state index in [1.165, 1.54) is 50.7 Å². The smallest absolute Gasteiger partial charge is 0.234 e. The molecule has 0 radical (unpaired) electrons. The first-order valence-electron chi connectivity index (χ1n) is 15.6. The van der Waals surface area contributed by atoms with Gasteiger partial charge in [-0.05, 0) is 55.7 Å². The van der Waals surface area contributed by atoms with Crippen molar-refractivity contribution in [2.24, 2.45) is 17.8 Å². The summed E-state index contributed by atoms with van der Waals surface area (Å²) in [5, 5.41) is 2.09. The molecule has 1 saturated heterocycles. The molecule has 1 fully saturated rings. The minimum Gasteiger partial charge on any atom is -0.299 e. The second-order valence-electron chi connectivity index (χ2n) is 11.5. The number of carbonyl (C=O) groups excluding carboxylic acids is 3. The maximum Gasteiger partial charge on any atom is 0.234 e. The Morgan fingerprint density at radius 3 is 1.82 bits per heavy atom. The van der Waals surface area contributed by atoms with Crippen molar-refractivity contribution in [3.63, 3.8) is 0 Å². The van der Waals surface area contributed by atoms with Gasteiger partial charge in [-0.25, -0.2) is 8.78 Å². The van der Waals surface area contributed by atoms with Crippen LogP contribution in [0.25, 0.3) is 0 Å². The molecule has 1 heterocycles. The van der Waals surface area contributed by atoms with Crippen LogP contribution in [0, 0.1) is 36.3 Å². The lowest BCUT2D eigenvalue weighted by Gasteiger charge is -2.22. The molecule has 1 aliphatic rings. The van der Waals surface area contributed by atoms with Crippen LogP contribution in [0.3, 0.4) is 0 Å². The van der Waals surface area contributed by atoms with Crippen LogP contribution in [0.2, 0.25) is 0 Å². The molecule has 1 aromatic carbocycles. The number of piperidine rings is 1. The van der Waals surface area contributed by atoms with E-state index in [-0.39, 0.29) is 24.3 Å². The lowest BCUT2D eigenvalue weighted by molar-refractivity contribution is -0.134. The SMILES string of the molecule is CCCC.CCCC(=O)C(C)CC.CCCC(C)CCC(C)C.Cc1cc(F)c(C2CCC(=O)NC2=O)c(F)c1. The van der Waals surface area contributed by atoms with Gasteiger partial charge >= 0.3 is 0 Å². The summed E-state index contributed by atoms with van der Waals surface area (Å²) in [5.74, 6) is -0.902. The molecule has 0 bridgehead atoms. The van der Waals surface area contributed by atoms with E-state index in [4.69, 9.17) is 0 Å². The Kier molecular flexibility index (Phi) is 23.6. The van der Waals surface area contributed by atoms with Crippen LogP contribution in [0.15, 0.2) is 12.1 Å². The zero-order valence-corrected chi connectivity index (χ0v) is 27.2. The Morgan fingerprint density at radius 1 is 0.875 bits per heavy atom. The van der Waals surface area contributed by atoms with E-state index in [1.54, 1.807) is 6.92 Å². The second kappa shape index (κ2) is 23.6. The number of hydrogen-bond acceptors (Lipinski definition) is 3. The van der Waals surface area contributed by atoms with Gasteiger partial charge in [-0.3, -0.25) is 19.7 Å². The molecular weight excluding hydrogens is 508 g/mol. The van der Waals surface area contributed by atoms with Crippen molar-refractivity contribution in [1.82, 2.24) is 5.32 Å². The molecule has 40 heavy (non-hydrogen) atoms. The van der Waals surface area contributed by atoms with Gasteiger partial charge in [-0.15, -0.1) is 0 Å². The molecule has 2 amide bonds. The number of unbranched alkanes of at least 4 members (excludes halogenated alkanes) is 1. The normalized spacial score (nSPS) is 15.9. The first-order valence-corrected chi connectivity index (χ1v) is 15.6. The summed E-state index contributed by atoms with van der Waals surface area (Å²) >= 11 is 0. The lowest BCUT2D eigenvalue weighted by Crippen LogP contribution is -2.40. The molecule has 0 spiro atoms. The van der Waals surface area contributed by atoms with Crippen LogP contribution in [-0.2, 0) is 14.4 Å². The summed E-state index contributed by atoms with van der Waals surface area (Å²) in [6.07, 6.45) is 11.2. The van der Waals surface area contributed by atoms with Gasteiger partial charge in [-0.1, -0.05) is 101 Å². The number of nitrogens with one attached hydrogen (secondary N) is 1. The van der Waals surface area contributed by atoms with Gasteiger partial charge in [0.05, 0.1) is 5.92 Å². The van der Waals surface area contributed by atoms with Gasteiger partial charge in [0.15, 0.2) is 0 Å². The first kappa shape index (κ1) is 40.0. The zero-order valence-electron chi connectivity index (χ0n) is 27.2. The maximum absolute atomic E-state index is 13.7. The van der Waals surface area contributed by atoms with E-state index < -0.39 is 29.4 Å². The average Bonchev–Trinajstić information content (AvgIpc) is 2.89. The molecule has 1 aromatic rings. The molecule has 0 aliphatic carbocycles. The second-order valence-corrected chi connectivity index (χ2v) is 11.5. The third-order valence-electron chi connectivity index (χ3n) is 6.99. The fourth-order valence-corrected chi connectivity index (χ4v) is 3.99. The van der Waals surface area contributed by atoms with E-state index in [1.807, 2.05) is 13.8 Å². The van der Waals surface area contributed by atoms with Crippen LogP contribution >= 0.6 is 0 Å². The van der Waals surface area contributed by atoms with Crippen molar-refractivity contribution in [2.75, 3.05) is 0 Å². The Morgan fingerprint density at radius 2 is 1.43 bits per heavy atom. The molecule has 1 N–H and O–H groups in total. The van der Waals surface area contributed by atoms with Crippen molar-refractivity contribution < 1.29 is 23.2 Å². The lowest BCUT2D eigenvalue weighted by atomic mass is 9.89. The van der Waals surface area contributed by atoms with Gasteiger partial charge in [0.2, 0.25) is 11.8 Å². The van der Waals surface area contributed by atoms with Crippen LogP contribution < -0.4 is 5.32 Å². The third kappa shape index (κ3) is 18.3. The Bertz CT molecular complexity index is 829. The summed E-state index contributed by atoms with van der Waals surface area (Å²) in [6, 6.07) is 2.37. The average molecular weight is 568 g/mol. The maximum atomic E-state index is 13.7. The highest BCUT2D eigenvalue weighted by atomic mass is 19.1. The van der Waals surface area contributed by atoms with Crippen LogP contribution in [-0.4, -0.2) is 17.6 Å². The molecule has 2 rings (SSSR count). The number of aryl methyl sites for hydroxylation is 1. The van der Waals surface area contributed by atoms with Crippen LogP contribution in [0.5, 0.6) is 0 Å². The van der Waals surface area contributed by atoms with Crippen molar-refractivity contribution in [3.8, 4) is 0 Å². The largest absolute Gasteiger partial charge is 0.299 e. The number of hydrogen-bond donors (Lipinski definition) is 1. The van der Waals surface area contributed by atoms with Crippen molar-refractivity contribution >= 4 is 17.6 Å². The minimum absolute atomic E-state index is 0.100. The molecule has 0 saturated carbocycles. The van der Waals surface area contributed by atoms with Gasteiger partial charge < -0.3 is 0 Å². The fraction of sp³-hybridized carbons (Fsp3) is 0.735. The zero-order chi connectivity index (χ0) is 31.3. The molecule has 4 nitrogen and oxygen atoms in total. The number of ketones is 1. The van der Waals surface area contributed by atoms with Gasteiger partial charge in [-0.2, -0.15) is 0 Å². The summed E-state index contributed by atoms with van der Waals surface area (Å²) < 4.78 is 27.3. The van der Waals surface area contributed by atoms with E-state index in [9.17, 15) is 23.2 Å². The summed E-state index contributed by atoms with van der Waals surface area (Å²) in [4.78, 5) is 33.5. The monoisotopic (exact) mass is 567 g/mol. The summed E-state index contributed by atoms with van der Waals surface area (Å²) in [7, 11) is 0. The molecule has 0 aromatic heterocycles. The number of carbonyl (C=O) groups is 3. The van der Waals surface area contributed by atoms with Gasteiger partial charge in [0.25, 0.3) is 0 Å². The van der Waals surface area contributed by atoms with E-state index in [0.717, 1.165) is 31.1 Å². The molecule has 232 valence electrons. The van der Waals surface area contributed by atoms with Crippen molar-refractivity contribution in [1.29, 1.82) is 0 Å². The van der Waals surface area contributed by atoms with E-state index in [0.29, 0.717) is 11.3 Å². The quantitative estimate of drug-likeness (QED) is 0.271. The highest BCUT2D eigenvalue weighted by molar-refractivity contribution is 6.01. The number of amides is 2. The molecular formula is C34H59F2NO3. The van der Waals surface area contributed by atoms with Gasteiger partial charge in [0, 0.05) is 24.3 Å². The standard InChI is InChI=1S/C12H11F2NO2.C10H22.C8H16O.C4H10/c1-6-4-8(13)11(9(14)5-6)7-2-3-10(16)15-12(7)17;1-5-6-10(4)8-7-9(2)3;1-4-6-8(9)7(3)5-2;1-3-4-2/h4-5,7H,2-3H2,1H3,(H,15,16,17);9-10H,5-8H2,1-4H3;7H,4-6H2,1-3H3;3-4H2,1-2H3. The number of Topliss-reactive ketones (excluding diaryl/α,β-unsaturated/α-hetero) is 1. The van der Waals surface area contributed by atoms with Gasteiger partial charge in [0.1, 0.15) is 17.4 Å². The van der Waals surface area contributed by atoms with Crippen LogP contribution in [0.4, 0.5) is 8.78 Å². The molecule has 3 unspecified atom stereocenters. The minimum atomic E-state index is -0.923. The predicted octanol–water partition coefficient (Wildman–Crippen LogP) is 9.86. The third-order valence-corrected chi connectivity index (χ3v) is 6.99. The number of halogens is 2. The Balaban J connectivity index is 0. The predicted molar refractivity (Wildman–Crippen MR) is 164 cm³/mol. The molecule has 1 aliphatic heterocycles. The number of imide groups is 1. The first-order chi connectivity index (χ1) is 18.8. The number of rotatable bonds is 11. The Hall–Kier alpha value is -2.11. The number of benzene rings is 1. The molecule has 3 atom stereocenters. The van der Waals surface area contributed by atoms with Crippen molar-refractivity contribution in [2.45, 2.75) is 146 Å². The summed E-state index contributed by atoms with van der Waals surface area (Å²) in [5.41, 5.74) is 0.205. The van der Waals surface area contributed by atoms with Crippen LogP contribution in [0.1, 0.15) is 150 Å². The highest BCUT2D eigenvalue weighted by Gasteiger charge is 2.32. The summed E-state index contributed by atoms with van der Waals surface area (Å²) in [6.45, 7) is 21.3. The highest BCUT2D eigenvalue weighted by Crippen LogP contribution is 2.29. The molecule has 6 heteroatoms. The fourth-order valence-electron chi connectivity index (χ4n) is 3.99.